The molecule has 0 radical (unpaired) electrons. The van der Waals surface area contributed by atoms with Crippen LogP contribution in [0.25, 0.3) is 11.1 Å². The number of hydrogen-bond donors (Lipinski definition) is 1. The van der Waals surface area contributed by atoms with Crippen LogP contribution in [0.15, 0.2) is 48.5 Å². The molecule has 1 N–H and O–H groups in total. The summed E-state index contributed by atoms with van der Waals surface area (Å²) in [6.45, 7) is 6.84. The number of Topliss-reactive ketones (excluding diaryl/α,β-unsaturated/α-hetero) is 1. The molecule has 2 aromatic rings. The van der Waals surface area contributed by atoms with E-state index in [2.05, 4.69) is 5.32 Å². The number of alkyl carbamates (subject to hydrolysis) is 1. The molecule has 2 aromatic carbocycles. The summed E-state index contributed by atoms with van der Waals surface area (Å²) >= 11 is 0. The van der Waals surface area contributed by atoms with Crippen molar-refractivity contribution in [3.05, 3.63) is 59.7 Å². The summed E-state index contributed by atoms with van der Waals surface area (Å²) < 4.78 is 10.3. The predicted molar refractivity (Wildman–Crippen MR) is 113 cm³/mol. The van der Waals surface area contributed by atoms with E-state index < -0.39 is 23.2 Å². The molecule has 1 unspecified atom stereocenters. The van der Waals surface area contributed by atoms with Crippen molar-refractivity contribution in [2.75, 3.05) is 7.11 Å². The first-order chi connectivity index (χ1) is 14.1. The molecule has 1 fully saturated rings. The second-order valence-electron chi connectivity index (χ2n) is 8.60. The van der Waals surface area contributed by atoms with Crippen molar-refractivity contribution < 1.29 is 23.9 Å². The lowest BCUT2D eigenvalue weighted by Gasteiger charge is -2.23. The Balaban J connectivity index is 1.77. The molecule has 6 heteroatoms. The Morgan fingerprint density at radius 2 is 1.50 bits per heavy atom. The van der Waals surface area contributed by atoms with Crippen LogP contribution >= 0.6 is 0 Å². The number of rotatable bonds is 5. The van der Waals surface area contributed by atoms with E-state index in [1.54, 1.807) is 32.9 Å². The lowest BCUT2D eigenvalue weighted by atomic mass is 9.99. The lowest BCUT2D eigenvalue weighted by molar-refractivity contribution is -0.144. The molecule has 3 rings (SSSR count). The second-order valence-corrected chi connectivity index (χ2v) is 8.60. The smallest absolute Gasteiger partial charge is 0.408 e. The normalized spacial score (nSPS) is 20.2. The van der Waals surface area contributed by atoms with Gasteiger partial charge < -0.3 is 14.8 Å². The minimum absolute atomic E-state index is 0.0299. The number of methoxy groups -OCH3 is 1. The number of ketones is 1. The average molecular weight is 409 g/mol. The van der Waals surface area contributed by atoms with Gasteiger partial charge in [0.1, 0.15) is 11.1 Å². The number of ether oxygens (including phenoxy) is 2. The van der Waals surface area contributed by atoms with Crippen molar-refractivity contribution in [3.63, 3.8) is 0 Å². The second kappa shape index (κ2) is 7.94. The van der Waals surface area contributed by atoms with Crippen LogP contribution in [-0.4, -0.2) is 36.1 Å². The van der Waals surface area contributed by atoms with Gasteiger partial charge >= 0.3 is 12.1 Å². The highest BCUT2D eigenvalue weighted by Crippen LogP contribution is 2.52. The van der Waals surface area contributed by atoms with Gasteiger partial charge in [0.25, 0.3) is 0 Å². The zero-order valence-corrected chi connectivity index (χ0v) is 17.9. The number of esters is 1. The zero-order valence-electron chi connectivity index (χ0n) is 17.9. The molecule has 0 heterocycles. The summed E-state index contributed by atoms with van der Waals surface area (Å²) in [5, 5.41) is 2.72. The third-order valence-electron chi connectivity index (χ3n) is 5.17. The van der Waals surface area contributed by atoms with Crippen molar-refractivity contribution in [2.45, 2.75) is 51.2 Å². The van der Waals surface area contributed by atoms with Crippen LogP contribution in [0.2, 0.25) is 0 Å². The highest BCUT2D eigenvalue weighted by Gasteiger charge is 2.63. The maximum Gasteiger partial charge on any atom is 0.408 e. The minimum atomic E-state index is -1.11. The molecule has 30 heavy (non-hydrogen) atoms. The molecule has 0 bridgehead atoms. The van der Waals surface area contributed by atoms with E-state index in [4.69, 9.17) is 9.47 Å². The van der Waals surface area contributed by atoms with Crippen LogP contribution in [-0.2, 0) is 14.3 Å². The first-order valence-corrected chi connectivity index (χ1v) is 9.86. The Morgan fingerprint density at radius 1 is 0.967 bits per heavy atom. The monoisotopic (exact) mass is 409 g/mol. The van der Waals surface area contributed by atoms with Crippen molar-refractivity contribution in [1.82, 2.24) is 5.32 Å². The van der Waals surface area contributed by atoms with Crippen LogP contribution in [0.1, 0.15) is 56.0 Å². The van der Waals surface area contributed by atoms with E-state index in [-0.39, 0.29) is 11.7 Å². The van der Waals surface area contributed by atoms with Gasteiger partial charge in [0.15, 0.2) is 5.78 Å². The first-order valence-electron chi connectivity index (χ1n) is 9.86. The SMILES string of the molecule is COC(=O)C1(NC(=O)OC(C)(C)C)C[C@H]1c1ccc(-c2ccc(C(C)=O)cc2)cc1. The summed E-state index contributed by atoms with van der Waals surface area (Å²) in [4.78, 5) is 36.1. The van der Waals surface area contributed by atoms with Gasteiger partial charge in [0, 0.05) is 11.5 Å². The summed E-state index contributed by atoms with van der Waals surface area (Å²) in [5.74, 6) is -0.642. The number of hydrogen-bond acceptors (Lipinski definition) is 5. The standard InChI is InChI=1S/C24H27NO5/c1-15(26)16-6-8-17(9-7-16)18-10-12-19(13-11-18)20-14-24(20,21(27)29-5)25-22(28)30-23(2,3)4/h6-13,20H,14H2,1-5H3,(H,25,28)/t20-,24?/m0/s1. The predicted octanol–water partition coefficient (Wildman–Crippen LogP) is 4.48. The van der Waals surface area contributed by atoms with E-state index >= 15 is 0 Å². The number of carbonyl (C=O) groups is 3. The van der Waals surface area contributed by atoms with Gasteiger partial charge in [0.05, 0.1) is 7.11 Å². The van der Waals surface area contributed by atoms with Gasteiger partial charge in [-0.1, -0.05) is 48.5 Å². The van der Waals surface area contributed by atoms with Gasteiger partial charge in [-0.15, -0.1) is 0 Å². The van der Waals surface area contributed by atoms with E-state index in [0.717, 1.165) is 16.7 Å². The van der Waals surface area contributed by atoms with Crippen LogP contribution in [0.4, 0.5) is 4.79 Å². The Hall–Kier alpha value is -3.15. The van der Waals surface area contributed by atoms with E-state index in [9.17, 15) is 14.4 Å². The van der Waals surface area contributed by atoms with E-state index in [1.807, 2.05) is 36.4 Å². The maximum absolute atomic E-state index is 12.4. The molecule has 0 aromatic heterocycles. The van der Waals surface area contributed by atoms with Gasteiger partial charge in [-0.25, -0.2) is 9.59 Å². The molecule has 6 nitrogen and oxygen atoms in total. The molecule has 0 aliphatic heterocycles. The highest BCUT2D eigenvalue weighted by molar-refractivity contribution is 5.94. The molecule has 0 spiro atoms. The molecular formula is C24H27NO5. The Labute approximate surface area is 176 Å². The molecule has 158 valence electrons. The number of carbonyl (C=O) groups excluding carboxylic acids is 3. The van der Waals surface area contributed by atoms with Crippen LogP contribution in [0, 0.1) is 0 Å². The molecule has 1 aliphatic carbocycles. The first kappa shape index (κ1) is 21.6. The molecule has 1 amide bonds. The molecular weight excluding hydrogens is 382 g/mol. The van der Waals surface area contributed by atoms with Gasteiger partial charge in [-0.2, -0.15) is 0 Å². The van der Waals surface area contributed by atoms with E-state index in [0.29, 0.717) is 12.0 Å². The molecule has 1 saturated carbocycles. The largest absolute Gasteiger partial charge is 0.467 e. The van der Waals surface area contributed by atoms with Crippen LogP contribution in [0.5, 0.6) is 0 Å². The summed E-state index contributed by atoms with van der Waals surface area (Å²) in [7, 11) is 1.31. The Morgan fingerprint density at radius 3 is 1.97 bits per heavy atom. The highest BCUT2D eigenvalue weighted by atomic mass is 16.6. The van der Waals surface area contributed by atoms with Gasteiger partial charge in [-0.3, -0.25) is 4.79 Å². The fourth-order valence-corrected chi connectivity index (χ4v) is 3.55. The van der Waals surface area contributed by atoms with Crippen LogP contribution in [0.3, 0.4) is 0 Å². The molecule has 1 aliphatic rings. The third kappa shape index (κ3) is 4.53. The Bertz CT molecular complexity index is 957. The van der Waals surface area contributed by atoms with E-state index in [1.165, 1.54) is 14.0 Å². The van der Waals surface area contributed by atoms with Gasteiger partial charge in [-0.05, 0) is 50.8 Å². The average Bonchev–Trinajstić information content (AvgIpc) is 3.41. The summed E-state index contributed by atoms with van der Waals surface area (Å²) in [6.07, 6.45) is -0.191. The quantitative estimate of drug-likeness (QED) is 0.582. The zero-order chi connectivity index (χ0) is 22.1. The summed E-state index contributed by atoms with van der Waals surface area (Å²) in [5.41, 5.74) is 1.82. The van der Waals surface area contributed by atoms with Crippen molar-refractivity contribution >= 4 is 17.8 Å². The summed E-state index contributed by atoms with van der Waals surface area (Å²) in [6, 6.07) is 15.2. The Kier molecular flexibility index (Phi) is 5.70. The van der Waals surface area contributed by atoms with Crippen LogP contribution < -0.4 is 5.32 Å². The number of benzene rings is 2. The van der Waals surface area contributed by atoms with Gasteiger partial charge in [0.2, 0.25) is 0 Å². The molecule has 2 atom stereocenters. The third-order valence-corrected chi connectivity index (χ3v) is 5.17. The fraction of sp³-hybridized carbons (Fsp3) is 0.375. The minimum Gasteiger partial charge on any atom is -0.467 e. The lowest BCUT2D eigenvalue weighted by Crippen LogP contribution is -2.47. The molecule has 0 saturated heterocycles. The maximum atomic E-state index is 12.4. The number of amides is 1. The number of nitrogens with one attached hydrogen (secondary N) is 1. The fourth-order valence-electron chi connectivity index (χ4n) is 3.55. The topological polar surface area (TPSA) is 81.7 Å². The van der Waals surface area contributed by atoms with Crippen molar-refractivity contribution in [1.29, 1.82) is 0 Å². The van der Waals surface area contributed by atoms with Crippen molar-refractivity contribution in [3.8, 4) is 11.1 Å². The van der Waals surface area contributed by atoms with Crippen molar-refractivity contribution in [2.24, 2.45) is 0 Å².